The molecule has 15 heavy (non-hydrogen) atoms. The van der Waals surface area contributed by atoms with Gasteiger partial charge in [0.2, 0.25) is 0 Å². The van der Waals surface area contributed by atoms with E-state index in [1.54, 1.807) is 0 Å². The molecule has 0 amide bonds. The Morgan fingerprint density at radius 1 is 0.933 bits per heavy atom. The molecule has 1 aromatic carbocycles. The molecule has 0 bridgehead atoms. The first-order valence-electron chi connectivity index (χ1n) is 3.77. The lowest BCUT2D eigenvalue weighted by Gasteiger charge is -2.14. The fourth-order valence-corrected chi connectivity index (χ4v) is 1.09. The molecule has 0 unspecified atom stereocenters. The van der Waals surface area contributed by atoms with Crippen molar-refractivity contribution in [2.75, 3.05) is 11.5 Å². The Kier molecular flexibility index (Phi) is 2.50. The fourth-order valence-electron chi connectivity index (χ4n) is 1.09. The van der Waals surface area contributed by atoms with E-state index in [1.807, 2.05) is 0 Å². The molecule has 0 saturated heterocycles. The molecule has 1 aromatic rings. The summed E-state index contributed by atoms with van der Waals surface area (Å²) in [5.41, 5.74) is 6.18. The predicted octanol–water partition coefficient (Wildman–Crippen LogP) is 2.46. The zero-order valence-electron chi connectivity index (χ0n) is 7.54. The summed E-state index contributed by atoms with van der Waals surface area (Å²) in [6.07, 6.45) is -5.16. The van der Waals surface area contributed by atoms with Crippen LogP contribution in [0.1, 0.15) is 11.1 Å². The third-order valence-corrected chi connectivity index (χ3v) is 2.00. The molecule has 0 aliphatic carbocycles. The molecule has 0 spiro atoms. The second kappa shape index (κ2) is 3.25. The Morgan fingerprint density at radius 2 is 1.27 bits per heavy atom. The number of rotatable bonds is 0. The first kappa shape index (κ1) is 11.5. The Labute approximate surface area is 81.7 Å². The highest BCUT2D eigenvalue weighted by Gasteiger charge is 2.40. The summed E-state index contributed by atoms with van der Waals surface area (Å²) >= 11 is 0. The van der Waals surface area contributed by atoms with Crippen molar-refractivity contribution in [3.05, 3.63) is 22.8 Å². The predicted molar refractivity (Wildman–Crippen MR) is 44.9 cm³/mol. The Hall–Kier alpha value is -1.53. The van der Waals surface area contributed by atoms with Crippen LogP contribution in [-0.2, 0) is 6.18 Å². The van der Waals surface area contributed by atoms with Gasteiger partial charge in [0.15, 0.2) is 11.6 Å². The minimum atomic E-state index is -5.16. The van der Waals surface area contributed by atoms with Gasteiger partial charge in [-0.25, -0.2) is 8.78 Å². The Bertz CT molecular complexity index is 381. The van der Waals surface area contributed by atoms with E-state index in [-0.39, 0.29) is 5.56 Å². The van der Waals surface area contributed by atoms with E-state index in [4.69, 9.17) is 11.5 Å². The highest BCUT2D eigenvalue weighted by Crippen LogP contribution is 2.39. The lowest BCUT2D eigenvalue weighted by molar-refractivity contribution is -0.142. The van der Waals surface area contributed by atoms with Gasteiger partial charge in [-0.3, -0.25) is 0 Å². The van der Waals surface area contributed by atoms with E-state index in [0.717, 1.165) is 6.92 Å². The quantitative estimate of drug-likeness (QED) is 0.527. The van der Waals surface area contributed by atoms with Gasteiger partial charge in [0.05, 0.1) is 11.4 Å². The number of anilines is 2. The Balaban J connectivity index is 3.68. The van der Waals surface area contributed by atoms with Crippen LogP contribution in [0.4, 0.5) is 33.3 Å². The number of hydrogen-bond donors (Lipinski definition) is 2. The van der Waals surface area contributed by atoms with E-state index >= 15 is 0 Å². The molecular weight excluding hydrogens is 219 g/mol. The van der Waals surface area contributed by atoms with Crippen LogP contribution in [0.15, 0.2) is 0 Å². The second-order valence-corrected chi connectivity index (χ2v) is 2.95. The average molecular weight is 226 g/mol. The molecule has 0 saturated carbocycles. The maximum absolute atomic E-state index is 13.1. The van der Waals surface area contributed by atoms with E-state index in [1.165, 1.54) is 0 Å². The smallest absolute Gasteiger partial charge is 0.396 e. The van der Waals surface area contributed by atoms with Gasteiger partial charge in [-0.05, 0) is 6.92 Å². The molecule has 0 aliphatic heterocycles. The van der Waals surface area contributed by atoms with E-state index < -0.39 is 34.7 Å². The number of benzene rings is 1. The third-order valence-electron chi connectivity index (χ3n) is 2.00. The van der Waals surface area contributed by atoms with Crippen molar-refractivity contribution in [1.29, 1.82) is 0 Å². The summed E-state index contributed by atoms with van der Waals surface area (Å²) in [6.45, 7) is 1.14. The van der Waals surface area contributed by atoms with Crippen molar-refractivity contribution < 1.29 is 22.0 Å². The van der Waals surface area contributed by atoms with Gasteiger partial charge in [-0.1, -0.05) is 0 Å². The third kappa shape index (κ3) is 1.69. The van der Waals surface area contributed by atoms with Crippen LogP contribution in [0.5, 0.6) is 0 Å². The zero-order chi connectivity index (χ0) is 12.0. The van der Waals surface area contributed by atoms with Crippen LogP contribution >= 0.6 is 0 Å². The molecule has 0 radical (unpaired) electrons. The van der Waals surface area contributed by atoms with Gasteiger partial charge in [-0.15, -0.1) is 0 Å². The van der Waals surface area contributed by atoms with Gasteiger partial charge in [0.25, 0.3) is 0 Å². The standard InChI is InChI=1S/C8H7F5N2/c1-2-6(14)4(9)3(8(11,12)13)5(10)7(2)15/h14-15H2,1H3. The Morgan fingerprint density at radius 3 is 1.53 bits per heavy atom. The molecule has 84 valence electrons. The van der Waals surface area contributed by atoms with Crippen LogP contribution in [0.25, 0.3) is 0 Å². The van der Waals surface area contributed by atoms with Crippen LogP contribution < -0.4 is 11.5 Å². The lowest BCUT2D eigenvalue weighted by Crippen LogP contribution is -2.16. The summed E-state index contributed by atoms with van der Waals surface area (Å²) in [4.78, 5) is 0. The maximum Gasteiger partial charge on any atom is 0.422 e. The summed E-state index contributed by atoms with van der Waals surface area (Å²) in [5.74, 6) is -3.65. The highest BCUT2D eigenvalue weighted by atomic mass is 19.4. The molecule has 0 aliphatic rings. The number of halogens is 5. The van der Waals surface area contributed by atoms with Gasteiger partial charge in [0.1, 0.15) is 5.56 Å². The van der Waals surface area contributed by atoms with E-state index in [9.17, 15) is 22.0 Å². The lowest BCUT2D eigenvalue weighted by atomic mass is 10.1. The van der Waals surface area contributed by atoms with Crippen molar-refractivity contribution in [3.8, 4) is 0 Å². The minimum Gasteiger partial charge on any atom is -0.396 e. The molecular formula is C8H7F5N2. The van der Waals surface area contributed by atoms with E-state index in [2.05, 4.69) is 0 Å². The molecule has 4 N–H and O–H groups in total. The number of nitrogen functional groups attached to an aromatic ring is 2. The van der Waals surface area contributed by atoms with E-state index in [0.29, 0.717) is 0 Å². The average Bonchev–Trinajstić information content (AvgIpc) is 2.09. The largest absolute Gasteiger partial charge is 0.422 e. The van der Waals surface area contributed by atoms with Gasteiger partial charge < -0.3 is 11.5 Å². The summed E-state index contributed by atoms with van der Waals surface area (Å²) in [7, 11) is 0. The van der Waals surface area contributed by atoms with Crippen molar-refractivity contribution in [2.24, 2.45) is 0 Å². The highest BCUT2D eigenvalue weighted by molar-refractivity contribution is 5.65. The van der Waals surface area contributed by atoms with Crippen molar-refractivity contribution in [2.45, 2.75) is 13.1 Å². The number of nitrogens with two attached hydrogens (primary N) is 2. The van der Waals surface area contributed by atoms with Crippen molar-refractivity contribution in [3.63, 3.8) is 0 Å². The van der Waals surface area contributed by atoms with Gasteiger partial charge in [0, 0.05) is 5.56 Å². The van der Waals surface area contributed by atoms with Gasteiger partial charge >= 0.3 is 6.18 Å². The molecule has 1 rings (SSSR count). The van der Waals surface area contributed by atoms with Crippen molar-refractivity contribution >= 4 is 11.4 Å². The zero-order valence-corrected chi connectivity index (χ0v) is 7.54. The summed E-state index contributed by atoms with van der Waals surface area (Å²) < 4.78 is 62.7. The van der Waals surface area contributed by atoms with Crippen LogP contribution in [0.2, 0.25) is 0 Å². The molecule has 7 heteroatoms. The summed E-state index contributed by atoms with van der Waals surface area (Å²) in [5, 5.41) is 0. The summed E-state index contributed by atoms with van der Waals surface area (Å²) in [6, 6.07) is 0. The normalized spacial score (nSPS) is 11.9. The fraction of sp³-hybridized carbons (Fsp3) is 0.250. The van der Waals surface area contributed by atoms with Crippen molar-refractivity contribution in [1.82, 2.24) is 0 Å². The van der Waals surface area contributed by atoms with Crippen LogP contribution in [0, 0.1) is 18.6 Å². The van der Waals surface area contributed by atoms with Crippen LogP contribution in [0.3, 0.4) is 0 Å². The SMILES string of the molecule is Cc1c(N)c(F)c(C(F)(F)F)c(F)c1N. The number of hydrogen-bond acceptors (Lipinski definition) is 2. The maximum atomic E-state index is 13.1. The first-order chi connectivity index (χ1) is 6.68. The first-order valence-corrected chi connectivity index (χ1v) is 3.77. The topological polar surface area (TPSA) is 52.0 Å². The second-order valence-electron chi connectivity index (χ2n) is 2.95. The molecule has 0 atom stereocenters. The minimum absolute atomic E-state index is 0.238. The molecule has 0 aromatic heterocycles. The monoisotopic (exact) mass is 226 g/mol. The van der Waals surface area contributed by atoms with Crippen LogP contribution in [-0.4, -0.2) is 0 Å². The molecule has 0 heterocycles. The number of alkyl halides is 3. The molecule has 2 nitrogen and oxygen atoms in total. The van der Waals surface area contributed by atoms with Gasteiger partial charge in [-0.2, -0.15) is 13.2 Å². The molecule has 0 fully saturated rings.